The van der Waals surface area contributed by atoms with Gasteiger partial charge in [-0.15, -0.1) is 0 Å². The Kier molecular flexibility index (Phi) is 5.33. The van der Waals surface area contributed by atoms with Crippen LogP contribution >= 0.6 is 11.6 Å². The lowest BCUT2D eigenvalue weighted by Crippen LogP contribution is -2.53. The number of hydrogen-bond acceptors (Lipinski definition) is 5. The summed E-state index contributed by atoms with van der Waals surface area (Å²) < 4.78 is 19.8. The van der Waals surface area contributed by atoms with Gasteiger partial charge in [0.1, 0.15) is 5.82 Å². The van der Waals surface area contributed by atoms with Gasteiger partial charge < -0.3 is 9.64 Å². The molecule has 6 nitrogen and oxygen atoms in total. The summed E-state index contributed by atoms with van der Waals surface area (Å²) in [4.78, 5) is 25.8. The summed E-state index contributed by atoms with van der Waals surface area (Å²) in [5.41, 5.74) is 1.67. The van der Waals surface area contributed by atoms with Crippen molar-refractivity contribution in [1.29, 1.82) is 0 Å². The molecule has 1 amide bonds. The lowest BCUT2D eigenvalue weighted by molar-refractivity contribution is -0.138. The van der Waals surface area contributed by atoms with Gasteiger partial charge in [0.05, 0.1) is 36.2 Å². The van der Waals surface area contributed by atoms with Crippen molar-refractivity contribution >= 4 is 17.5 Å². The first kappa shape index (κ1) is 19.7. The smallest absolute Gasteiger partial charge is 0.233 e. The van der Waals surface area contributed by atoms with Crippen LogP contribution < -0.4 is 4.74 Å². The number of rotatable bonds is 5. The summed E-state index contributed by atoms with van der Waals surface area (Å²) >= 11 is 5.74. The maximum atomic E-state index is 13.7. The van der Waals surface area contributed by atoms with E-state index in [0.29, 0.717) is 36.6 Å². The Labute approximate surface area is 180 Å². The molecule has 30 heavy (non-hydrogen) atoms. The van der Waals surface area contributed by atoms with Crippen molar-refractivity contribution in [3.05, 3.63) is 52.7 Å². The first-order chi connectivity index (χ1) is 14.6. The van der Waals surface area contributed by atoms with E-state index in [4.69, 9.17) is 16.3 Å². The van der Waals surface area contributed by atoms with Crippen LogP contribution in [0.25, 0.3) is 0 Å². The number of ether oxygens (including phenoxy) is 1. The average Bonchev–Trinajstić information content (AvgIpc) is 3.53. The molecule has 0 radical (unpaired) electrons. The van der Waals surface area contributed by atoms with E-state index in [2.05, 4.69) is 14.9 Å². The number of nitrogens with zero attached hydrogens (tertiary/aromatic N) is 4. The van der Waals surface area contributed by atoms with Crippen molar-refractivity contribution in [2.75, 3.05) is 13.2 Å². The Bertz CT molecular complexity index is 937. The molecule has 0 unspecified atom stereocenters. The summed E-state index contributed by atoms with van der Waals surface area (Å²) in [6, 6.07) is 4.93. The number of amides is 1. The van der Waals surface area contributed by atoms with E-state index in [1.54, 1.807) is 12.3 Å². The number of carbonyl (C=O) groups is 1. The van der Waals surface area contributed by atoms with Crippen LogP contribution in [0.2, 0.25) is 5.02 Å². The predicted molar refractivity (Wildman–Crippen MR) is 110 cm³/mol. The Morgan fingerprint density at radius 3 is 2.77 bits per heavy atom. The third-order valence-corrected chi connectivity index (χ3v) is 6.55. The molecule has 0 N–H and O–H groups in total. The second-order valence-electron chi connectivity index (χ2n) is 8.38. The summed E-state index contributed by atoms with van der Waals surface area (Å²) in [6.07, 6.45) is 8.82. The van der Waals surface area contributed by atoms with Crippen molar-refractivity contribution in [3.8, 4) is 5.88 Å². The summed E-state index contributed by atoms with van der Waals surface area (Å²) in [6.45, 7) is 1.22. The van der Waals surface area contributed by atoms with Crippen LogP contribution in [0.5, 0.6) is 5.88 Å². The molecule has 2 aliphatic heterocycles. The first-order valence-corrected chi connectivity index (χ1v) is 10.9. The fourth-order valence-electron chi connectivity index (χ4n) is 4.37. The first-order valence-electron chi connectivity index (χ1n) is 10.5. The molecule has 1 aliphatic carbocycles. The normalized spacial score (nSPS) is 24.0. The zero-order valence-corrected chi connectivity index (χ0v) is 17.4. The quantitative estimate of drug-likeness (QED) is 0.723. The SMILES string of the molecule is O=C(Cc1ccc(Cl)c(F)c1)N1CC[C@@H]2CC[C@H](Oc3cnc(C4CC4)cn3)N2C1. The second-order valence-corrected chi connectivity index (χ2v) is 8.79. The number of hydrogen-bond donors (Lipinski definition) is 0. The third kappa shape index (κ3) is 4.14. The van der Waals surface area contributed by atoms with Gasteiger partial charge >= 0.3 is 0 Å². The van der Waals surface area contributed by atoms with E-state index in [1.165, 1.54) is 25.0 Å². The van der Waals surface area contributed by atoms with Gasteiger partial charge in [-0.3, -0.25) is 9.78 Å². The molecule has 158 valence electrons. The molecule has 2 atom stereocenters. The van der Waals surface area contributed by atoms with Gasteiger partial charge in [-0.25, -0.2) is 14.3 Å². The van der Waals surface area contributed by atoms with Crippen LogP contribution in [0.1, 0.15) is 49.3 Å². The van der Waals surface area contributed by atoms with Crippen molar-refractivity contribution in [3.63, 3.8) is 0 Å². The largest absolute Gasteiger partial charge is 0.457 e. The second kappa shape index (κ2) is 8.12. The molecule has 8 heteroatoms. The van der Waals surface area contributed by atoms with Crippen molar-refractivity contribution in [1.82, 2.24) is 19.8 Å². The number of carbonyl (C=O) groups excluding carboxylic acids is 1. The summed E-state index contributed by atoms with van der Waals surface area (Å²) in [7, 11) is 0. The Morgan fingerprint density at radius 1 is 1.17 bits per heavy atom. The van der Waals surface area contributed by atoms with Crippen LogP contribution in [0.4, 0.5) is 4.39 Å². The van der Waals surface area contributed by atoms with Gasteiger partial charge in [0.2, 0.25) is 11.8 Å². The fourth-order valence-corrected chi connectivity index (χ4v) is 4.49. The number of fused-ring (bicyclic) bond motifs is 1. The molecule has 3 aliphatic rings. The summed E-state index contributed by atoms with van der Waals surface area (Å²) in [5.74, 6) is 0.584. The summed E-state index contributed by atoms with van der Waals surface area (Å²) in [5, 5.41) is 0.0670. The molecule has 1 saturated carbocycles. The molecule has 2 aromatic rings. The van der Waals surface area contributed by atoms with Crippen LogP contribution in [0.3, 0.4) is 0 Å². The molecule has 0 bridgehead atoms. The van der Waals surface area contributed by atoms with E-state index in [0.717, 1.165) is 25.0 Å². The topological polar surface area (TPSA) is 58.6 Å². The zero-order chi connectivity index (χ0) is 20.7. The van der Waals surface area contributed by atoms with Crippen LogP contribution in [-0.2, 0) is 11.2 Å². The van der Waals surface area contributed by atoms with E-state index in [-0.39, 0.29) is 23.6 Å². The van der Waals surface area contributed by atoms with Crippen molar-refractivity contribution in [2.24, 2.45) is 0 Å². The minimum atomic E-state index is -0.498. The van der Waals surface area contributed by atoms with Gasteiger partial charge in [0, 0.05) is 18.5 Å². The van der Waals surface area contributed by atoms with Gasteiger partial charge in [-0.2, -0.15) is 0 Å². The molecule has 0 spiro atoms. The fraction of sp³-hybridized carbons (Fsp3) is 0.500. The zero-order valence-electron chi connectivity index (χ0n) is 16.6. The predicted octanol–water partition coefficient (Wildman–Crippen LogP) is 3.75. The Balaban J connectivity index is 1.21. The van der Waals surface area contributed by atoms with E-state index >= 15 is 0 Å². The molecular weight excluding hydrogens is 407 g/mol. The van der Waals surface area contributed by atoms with Crippen LogP contribution in [0, 0.1) is 5.82 Å². The highest BCUT2D eigenvalue weighted by Gasteiger charge is 2.40. The number of aromatic nitrogens is 2. The highest BCUT2D eigenvalue weighted by Crippen LogP contribution is 2.39. The van der Waals surface area contributed by atoms with E-state index in [1.807, 2.05) is 11.1 Å². The average molecular weight is 431 g/mol. The minimum absolute atomic E-state index is 0.0191. The van der Waals surface area contributed by atoms with Gasteiger partial charge in [0.25, 0.3) is 0 Å². The van der Waals surface area contributed by atoms with Crippen molar-refractivity contribution in [2.45, 2.75) is 56.7 Å². The standard InChI is InChI=1S/C22H24ClFN4O2/c23-17-5-1-14(9-18(17)24)10-21(29)27-8-7-16-4-6-22(28(16)13-27)30-20-12-25-19(11-26-20)15-2-3-15/h1,5,9,11-12,15-16,22H,2-4,6-8,10,13H2/t16-,22-/m0/s1. The lowest BCUT2D eigenvalue weighted by Gasteiger charge is -2.40. The van der Waals surface area contributed by atoms with E-state index < -0.39 is 5.82 Å². The van der Waals surface area contributed by atoms with E-state index in [9.17, 15) is 9.18 Å². The maximum absolute atomic E-state index is 13.7. The van der Waals surface area contributed by atoms with Crippen molar-refractivity contribution < 1.29 is 13.9 Å². The molecule has 1 aromatic carbocycles. The number of benzene rings is 1. The number of halogens is 2. The molecule has 3 heterocycles. The molecule has 3 fully saturated rings. The molecular formula is C22H24ClFN4O2. The van der Waals surface area contributed by atoms with Gasteiger partial charge in [-0.1, -0.05) is 17.7 Å². The lowest BCUT2D eigenvalue weighted by atomic mass is 10.1. The minimum Gasteiger partial charge on any atom is -0.457 e. The Hall–Kier alpha value is -2.25. The molecule has 5 rings (SSSR count). The van der Waals surface area contributed by atoms with Crippen LogP contribution in [-0.4, -0.2) is 51.2 Å². The third-order valence-electron chi connectivity index (χ3n) is 6.24. The maximum Gasteiger partial charge on any atom is 0.233 e. The van der Waals surface area contributed by atoms with Gasteiger partial charge in [-0.05, 0) is 49.8 Å². The molecule has 1 aromatic heterocycles. The van der Waals surface area contributed by atoms with Crippen LogP contribution in [0.15, 0.2) is 30.6 Å². The monoisotopic (exact) mass is 430 g/mol. The molecule has 2 saturated heterocycles. The Morgan fingerprint density at radius 2 is 2.03 bits per heavy atom. The highest BCUT2D eigenvalue weighted by molar-refractivity contribution is 6.30. The highest BCUT2D eigenvalue weighted by atomic mass is 35.5. The van der Waals surface area contributed by atoms with Gasteiger partial charge in [0.15, 0.2) is 6.23 Å².